The molecule has 1 aliphatic rings. The molecule has 0 aromatic heterocycles. The number of esters is 1. The first-order valence-corrected chi connectivity index (χ1v) is 6.05. The predicted octanol–water partition coefficient (Wildman–Crippen LogP) is 2.54. The van der Waals surface area contributed by atoms with E-state index >= 15 is 0 Å². The molecule has 0 bridgehead atoms. The van der Waals surface area contributed by atoms with E-state index in [0.717, 1.165) is 12.0 Å². The maximum atomic E-state index is 11.6. The van der Waals surface area contributed by atoms with Crippen LogP contribution in [0, 0.1) is 5.92 Å². The second kappa shape index (κ2) is 5.32. The molecule has 1 fully saturated rings. The number of carbonyl (C=O) groups excluding carboxylic acids is 1. The van der Waals surface area contributed by atoms with Crippen LogP contribution in [-0.4, -0.2) is 18.4 Å². The first-order valence-electron chi connectivity index (χ1n) is 6.05. The second-order valence-corrected chi connectivity index (χ2v) is 4.81. The van der Waals surface area contributed by atoms with Gasteiger partial charge in [0.15, 0.2) is 6.10 Å². The van der Waals surface area contributed by atoms with Crippen LogP contribution in [0.15, 0.2) is 30.3 Å². The van der Waals surface area contributed by atoms with Crippen LogP contribution in [0.3, 0.4) is 0 Å². The lowest BCUT2D eigenvalue weighted by Gasteiger charge is -2.10. The van der Waals surface area contributed by atoms with Gasteiger partial charge in [0.2, 0.25) is 6.29 Å². The van der Waals surface area contributed by atoms with Gasteiger partial charge in [-0.3, -0.25) is 0 Å². The van der Waals surface area contributed by atoms with Crippen molar-refractivity contribution >= 4 is 5.97 Å². The van der Waals surface area contributed by atoms with Crippen LogP contribution in [0.1, 0.15) is 25.8 Å². The molecule has 2 rings (SSSR count). The quantitative estimate of drug-likeness (QED) is 0.751. The highest BCUT2D eigenvalue weighted by molar-refractivity contribution is 5.76. The minimum absolute atomic E-state index is 0.223. The van der Waals surface area contributed by atoms with Crippen LogP contribution in [0.5, 0.6) is 0 Å². The fraction of sp³-hybridized carbons (Fsp3) is 0.500. The summed E-state index contributed by atoms with van der Waals surface area (Å²) in [5.74, 6) is 0.211. The van der Waals surface area contributed by atoms with Crippen LogP contribution in [0.25, 0.3) is 0 Å². The van der Waals surface area contributed by atoms with E-state index in [1.165, 1.54) is 0 Å². The highest BCUT2D eigenvalue weighted by atomic mass is 16.7. The molecule has 1 aromatic rings. The van der Waals surface area contributed by atoms with E-state index in [1.807, 2.05) is 30.3 Å². The van der Waals surface area contributed by atoms with Gasteiger partial charge in [-0.2, -0.15) is 0 Å². The lowest BCUT2D eigenvalue weighted by molar-refractivity contribution is -0.143. The van der Waals surface area contributed by atoms with Crippen molar-refractivity contribution in [2.75, 3.05) is 0 Å². The van der Waals surface area contributed by atoms with Crippen LogP contribution < -0.4 is 0 Å². The summed E-state index contributed by atoms with van der Waals surface area (Å²) in [5, 5.41) is 0. The average molecular weight is 234 g/mol. The van der Waals surface area contributed by atoms with Crippen molar-refractivity contribution in [3.8, 4) is 0 Å². The van der Waals surface area contributed by atoms with Crippen molar-refractivity contribution in [3.05, 3.63) is 35.9 Å². The molecular weight excluding hydrogens is 216 g/mol. The van der Waals surface area contributed by atoms with Crippen molar-refractivity contribution < 1.29 is 14.3 Å². The Bertz CT molecular complexity index is 372. The van der Waals surface area contributed by atoms with E-state index in [2.05, 4.69) is 13.8 Å². The van der Waals surface area contributed by atoms with E-state index in [-0.39, 0.29) is 12.1 Å². The third kappa shape index (κ3) is 3.30. The summed E-state index contributed by atoms with van der Waals surface area (Å²) >= 11 is 0. The monoisotopic (exact) mass is 234 g/mol. The number of carbonyl (C=O) groups is 1. The van der Waals surface area contributed by atoms with Crippen molar-refractivity contribution in [1.82, 2.24) is 0 Å². The minimum Gasteiger partial charge on any atom is -0.433 e. The molecule has 1 aliphatic heterocycles. The Kier molecular flexibility index (Phi) is 3.79. The number of hydrogen-bond acceptors (Lipinski definition) is 3. The molecule has 17 heavy (non-hydrogen) atoms. The van der Waals surface area contributed by atoms with Crippen molar-refractivity contribution in [1.29, 1.82) is 0 Å². The summed E-state index contributed by atoms with van der Waals surface area (Å²) in [6.07, 6.45) is 0.544. The molecule has 0 amide bonds. The SMILES string of the molecule is CC(C)C[C@@H]1OC(Cc2ccccc2)OC1=O. The van der Waals surface area contributed by atoms with Gasteiger partial charge in [0.1, 0.15) is 0 Å². The molecule has 3 nitrogen and oxygen atoms in total. The van der Waals surface area contributed by atoms with Gasteiger partial charge in [0.05, 0.1) is 0 Å². The molecule has 92 valence electrons. The highest BCUT2D eigenvalue weighted by Crippen LogP contribution is 2.22. The topological polar surface area (TPSA) is 35.5 Å². The fourth-order valence-electron chi connectivity index (χ4n) is 1.95. The molecule has 0 N–H and O–H groups in total. The number of benzene rings is 1. The molecule has 0 radical (unpaired) electrons. The minimum atomic E-state index is -0.423. The van der Waals surface area contributed by atoms with Gasteiger partial charge >= 0.3 is 5.97 Å². The molecule has 1 aromatic carbocycles. The maximum absolute atomic E-state index is 11.6. The Morgan fingerprint density at radius 1 is 1.24 bits per heavy atom. The van der Waals surface area contributed by atoms with Gasteiger partial charge in [0, 0.05) is 6.42 Å². The molecule has 2 atom stereocenters. The number of hydrogen-bond donors (Lipinski definition) is 0. The van der Waals surface area contributed by atoms with Gasteiger partial charge in [-0.15, -0.1) is 0 Å². The Balaban J connectivity index is 1.91. The standard InChI is InChI=1S/C14H18O3/c1-10(2)8-12-14(15)17-13(16-12)9-11-6-4-3-5-7-11/h3-7,10,12-13H,8-9H2,1-2H3/t12-,13?/m0/s1. The van der Waals surface area contributed by atoms with E-state index in [9.17, 15) is 4.79 Å². The fourth-order valence-corrected chi connectivity index (χ4v) is 1.95. The number of ether oxygens (including phenoxy) is 2. The molecule has 1 heterocycles. The first kappa shape index (κ1) is 12.1. The van der Waals surface area contributed by atoms with Crippen LogP contribution in [0.2, 0.25) is 0 Å². The van der Waals surface area contributed by atoms with E-state index < -0.39 is 6.29 Å². The van der Waals surface area contributed by atoms with E-state index in [0.29, 0.717) is 12.3 Å². The van der Waals surface area contributed by atoms with Crippen molar-refractivity contribution in [2.45, 2.75) is 39.1 Å². The molecule has 1 saturated heterocycles. The Morgan fingerprint density at radius 3 is 2.59 bits per heavy atom. The van der Waals surface area contributed by atoms with E-state index in [4.69, 9.17) is 9.47 Å². The third-order valence-electron chi connectivity index (χ3n) is 2.76. The largest absolute Gasteiger partial charge is 0.433 e. The average Bonchev–Trinajstić information content (AvgIpc) is 2.59. The zero-order chi connectivity index (χ0) is 12.3. The zero-order valence-electron chi connectivity index (χ0n) is 10.3. The third-order valence-corrected chi connectivity index (χ3v) is 2.76. The van der Waals surface area contributed by atoms with Crippen LogP contribution in [0.4, 0.5) is 0 Å². The van der Waals surface area contributed by atoms with Crippen LogP contribution >= 0.6 is 0 Å². The van der Waals surface area contributed by atoms with Crippen molar-refractivity contribution in [3.63, 3.8) is 0 Å². The normalized spacial score (nSPS) is 24.1. The molecule has 3 heteroatoms. The van der Waals surface area contributed by atoms with E-state index in [1.54, 1.807) is 0 Å². The zero-order valence-corrected chi connectivity index (χ0v) is 10.3. The van der Waals surface area contributed by atoms with Gasteiger partial charge in [0.25, 0.3) is 0 Å². The summed E-state index contributed by atoms with van der Waals surface area (Å²) < 4.78 is 10.8. The van der Waals surface area contributed by atoms with Crippen molar-refractivity contribution in [2.24, 2.45) is 5.92 Å². The first-order chi connectivity index (χ1) is 8.15. The predicted molar refractivity (Wildman–Crippen MR) is 64.4 cm³/mol. The molecular formula is C14H18O3. The second-order valence-electron chi connectivity index (χ2n) is 4.81. The number of cyclic esters (lactones) is 1. The van der Waals surface area contributed by atoms with Crippen LogP contribution in [-0.2, 0) is 20.7 Å². The Morgan fingerprint density at radius 2 is 1.94 bits per heavy atom. The lowest BCUT2D eigenvalue weighted by atomic mass is 10.1. The summed E-state index contributed by atoms with van der Waals surface area (Å²) in [7, 11) is 0. The Hall–Kier alpha value is -1.35. The summed E-state index contributed by atoms with van der Waals surface area (Å²) in [4.78, 5) is 11.6. The lowest BCUT2D eigenvalue weighted by Crippen LogP contribution is -2.18. The van der Waals surface area contributed by atoms with Gasteiger partial charge < -0.3 is 9.47 Å². The molecule has 0 aliphatic carbocycles. The molecule has 1 unspecified atom stereocenters. The molecule has 0 saturated carbocycles. The maximum Gasteiger partial charge on any atom is 0.337 e. The summed E-state index contributed by atoms with van der Waals surface area (Å²) in [5.41, 5.74) is 1.12. The van der Waals surface area contributed by atoms with Gasteiger partial charge in [-0.05, 0) is 17.9 Å². The number of rotatable bonds is 4. The Labute approximate surface area is 102 Å². The van der Waals surface area contributed by atoms with Gasteiger partial charge in [-0.1, -0.05) is 44.2 Å². The summed E-state index contributed by atoms with van der Waals surface area (Å²) in [6.45, 7) is 4.14. The van der Waals surface area contributed by atoms with Gasteiger partial charge in [-0.25, -0.2) is 4.79 Å². The molecule has 0 spiro atoms. The summed E-state index contributed by atoms with van der Waals surface area (Å²) in [6, 6.07) is 9.92. The smallest absolute Gasteiger partial charge is 0.337 e. The highest BCUT2D eigenvalue weighted by Gasteiger charge is 2.35.